The summed E-state index contributed by atoms with van der Waals surface area (Å²) in [5, 5.41) is 5.67. The van der Waals surface area contributed by atoms with Crippen molar-refractivity contribution in [3.05, 3.63) is 58.1 Å². The molecule has 0 aliphatic heterocycles. The van der Waals surface area contributed by atoms with E-state index in [0.29, 0.717) is 22.0 Å². The van der Waals surface area contributed by atoms with Crippen LogP contribution in [0.2, 0.25) is 5.02 Å². The first-order valence-corrected chi connectivity index (χ1v) is 9.33. The lowest BCUT2D eigenvalue weighted by Gasteiger charge is -2.12. The highest BCUT2D eigenvalue weighted by molar-refractivity contribution is 6.34. The zero-order valence-electron chi connectivity index (χ0n) is 16.5. The lowest BCUT2D eigenvalue weighted by atomic mass is 10.1. The van der Waals surface area contributed by atoms with Crippen molar-refractivity contribution in [2.45, 2.75) is 20.3 Å². The maximum atomic E-state index is 12.1. The monoisotopic (exact) mass is 418 g/mol. The van der Waals surface area contributed by atoms with Crippen LogP contribution in [0, 0.1) is 13.8 Å². The molecule has 2 aromatic carbocycles. The Morgan fingerprint density at radius 3 is 2.52 bits per heavy atom. The fourth-order valence-electron chi connectivity index (χ4n) is 2.67. The van der Waals surface area contributed by atoms with Gasteiger partial charge in [0, 0.05) is 6.54 Å². The zero-order chi connectivity index (χ0) is 21.4. The summed E-state index contributed by atoms with van der Waals surface area (Å²) in [6.45, 7) is 3.35. The normalized spacial score (nSPS) is 10.2. The molecule has 0 bridgehead atoms. The van der Waals surface area contributed by atoms with Crippen molar-refractivity contribution >= 4 is 35.1 Å². The summed E-state index contributed by atoms with van der Waals surface area (Å²) >= 11 is 6.14. The Hall–Kier alpha value is -3.06. The topological polar surface area (TPSA) is 93.7 Å². The van der Waals surface area contributed by atoms with Crippen LogP contribution in [0.3, 0.4) is 0 Å². The molecule has 8 heteroatoms. The Morgan fingerprint density at radius 2 is 1.83 bits per heavy atom. The maximum absolute atomic E-state index is 12.1. The number of para-hydroxylation sites is 1. The van der Waals surface area contributed by atoms with Gasteiger partial charge in [0.15, 0.2) is 6.61 Å². The van der Waals surface area contributed by atoms with E-state index >= 15 is 0 Å². The SMILES string of the molecule is COc1ccccc1C(=O)NCCC(=O)OCC(=O)Nc1c(C)cc(C)cc1Cl. The van der Waals surface area contributed by atoms with Crippen LogP contribution in [-0.2, 0) is 14.3 Å². The van der Waals surface area contributed by atoms with Crippen molar-refractivity contribution in [1.29, 1.82) is 0 Å². The number of benzene rings is 2. The number of carbonyl (C=O) groups excluding carboxylic acids is 3. The molecule has 0 saturated carbocycles. The Kier molecular flexibility index (Phi) is 8.03. The number of carbonyl (C=O) groups is 3. The summed E-state index contributed by atoms with van der Waals surface area (Å²) in [6.07, 6.45) is -0.0709. The molecule has 0 heterocycles. The summed E-state index contributed by atoms with van der Waals surface area (Å²) in [5.74, 6) is -1.02. The quantitative estimate of drug-likeness (QED) is 0.642. The first-order valence-electron chi connectivity index (χ1n) is 8.95. The van der Waals surface area contributed by atoms with E-state index in [-0.39, 0.29) is 18.9 Å². The minimum Gasteiger partial charge on any atom is -0.496 e. The number of methoxy groups -OCH3 is 1. The fourth-order valence-corrected chi connectivity index (χ4v) is 3.04. The molecule has 0 saturated heterocycles. The predicted molar refractivity (Wildman–Crippen MR) is 110 cm³/mol. The van der Waals surface area contributed by atoms with Gasteiger partial charge in [-0.25, -0.2) is 0 Å². The number of ether oxygens (including phenoxy) is 2. The van der Waals surface area contributed by atoms with Crippen LogP contribution in [0.5, 0.6) is 5.75 Å². The van der Waals surface area contributed by atoms with E-state index in [9.17, 15) is 14.4 Å². The Balaban J connectivity index is 1.76. The number of hydrogen-bond acceptors (Lipinski definition) is 5. The highest BCUT2D eigenvalue weighted by Gasteiger charge is 2.14. The second-order valence-electron chi connectivity index (χ2n) is 6.35. The van der Waals surface area contributed by atoms with E-state index in [4.69, 9.17) is 21.1 Å². The van der Waals surface area contributed by atoms with E-state index in [0.717, 1.165) is 11.1 Å². The van der Waals surface area contributed by atoms with Crippen molar-refractivity contribution in [2.24, 2.45) is 0 Å². The average molecular weight is 419 g/mol. The van der Waals surface area contributed by atoms with Gasteiger partial charge in [0.05, 0.1) is 29.8 Å². The molecule has 29 heavy (non-hydrogen) atoms. The standard InChI is InChI=1S/C21H23ClN2O5/c1-13-10-14(2)20(16(22)11-13)24-18(25)12-29-19(26)8-9-23-21(27)15-6-4-5-7-17(15)28-3/h4-7,10-11H,8-9,12H2,1-3H3,(H,23,27)(H,24,25). The molecule has 2 rings (SSSR count). The van der Waals surface area contributed by atoms with Gasteiger partial charge in [0.25, 0.3) is 11.8 Å². The number of esters is 1. The second-order valence-corrected chi connectivity index (χ2v) is 6.76. The highest BCUT2D eigenvalue weighted by Crippen LogP contribution is 2.27. The van der Waals surface area contributed by atoms with E-state index in [2.05, 4.69) is 10.6 Å². The molecular weight excluding hydrogens is 396 g/mol. The first-order chi connectivity index (χ1) is 13.8. The molecule has 2 amide bonds. The van der Waals surface area contributed by atoms with Crippen LogP contribution >= 0.6 is 11.6 Å². The molecule has 0 spiro atoms. The van der Waals surface area contributed by atoms with E-state index in [1.807, 2.05) is 19.9 Å². The molecule has 0 aliphatic carbocycles. The first kappa shape index (κ1) is 22.2. The maximum Gasteiger partial charge on any atom is 0.308 e. The zero-order valence-corrected chi connectivity index (χ0v) is 17.3. The smallest absolute Gasteiger partial charge is 0.308 e. The number of amides is 2. The Labute approximate surface area is 174 Å². The van der Waals surface area contributed by atoms with Gasteiger partial charge in [-0.1, -0.05) is 29.8 Å². The largest absolute Gasteiger partial charge is 0.496 e. The van der Waals surface area contributed by atoms with Gasteiger partial charge >= 0.3 is 5.97 Å². The van der Waals surface area contributed by atoms with Crippen molar-refractivity contribution in [2.75, 3.05) is 25.6 Å². The lowest BCUT2D eigenvalue weighted by molar-refractivity contribution is -0.147. The molecule has 7 nitrogen and oxygen atoms in total. The van der Waals surface area contributed by atoms with E-state index in [1.165, 1.54) is 7.11 Å². The van der Waals surface area contributed by atoms with E-state index in [1.54, 1.807) is 30.3 Å². The summed E-state index contributed by atoms with van der Waals surface area (Å²) in [5.41, 5.74) is 2.65. The van der Waals surface area contributed by atoms with Crippen LogP contribution in [-0.4, -0.2) is 38.0 Å². The molecule has 0 radical (unpaired) electrons. The lowest BCUT2D eigenvalue weighted by Crippen LogP contribution is -2.28. The number of anilines is 1. The van der Waals surface area contributed by atoms with Crippen molar-refractivity contribution in [1.82, 2.24) is 5.32 Å². The van der Waals surface area contributed by atoms with Crippen LogP contribution in [0.4, 0.5) is 5.69 Å². The number of halogens is 1. The summed E-state index contributed by atoms with van der Waals surface area (Å²) in [6, 6.07) is 10.4. The van der Waals surface area contributed by atoms with Crippen LogP contribution in [0.15, 0.2) is 36.4 Å². The summed E-state index contributed by atoms with van der Waals surface area (Å²) in [4.78, 5) is 36.0. The minimum absolute atomic E-state index is 0.0697. The molecule has 2 N–H and O–H groups in total. The van der Waals surface area contributed by atoms with Gasteiger partial charge in [-0.15, -0.1) is 0 Å². The van der Waals surface area contributed by atoms with Crippen molar-refractivity contribution in [3.63, 3.8) is 0 Å². The van der Waals surface area contributed by atoms with Crippen LogP contribution < -0.4 is 15.4 Å². The molecule has 0 aromatic heterocycles. The summed E-state index contributed by atoms with van der Waals surface area (Å²) in [7, 11) is 1.47. The fraction of sp³-hybridized carbons (Fsp3) is 0.286. The van der Waals surface area contributed by atoms with Crippen molar-refractivity contribution in [3.8, 4) is 5.75 Å². The molecule has 0 unspecified atom stereocenters. The minimum atomic E-state index is -0.604. The number of hydrogen-bond donors (Lipinski definition) is 2. The van der Waals surface area contributed by atoms with Crippen LogP contribution in [0.1, 0.15) is 27.9 Å². The molecular formula is C21H23ClN2O5. The second kappa shape index (κ2) is 10.5. The predicted octanol–water partition coefficient (Wildman–Crippen LogP) is 3.27. The number of nitrogens with one attached hydrogen (secondary N) is 2. The van der Waals surface area contributed by atoms with Gasteiger partial charge in [-0.3, -0.25) is 14.4 Å². The average Bonchev–Trinajstić information content (AvgIpc) is 2.69. The van der Waals surface area contributed by atoms with Gasteiger partial charge in [0.2, 0.25) is 0 Å². The van der Waals surface area contributed by atoms with E-state index < -0.39 is 18.5 Å². The third-order valence-electron chi connectivity index (χ3n) is 4.03. The molecule has 0 fully saturated rings. The third kappa shape index (κ3) is 6.50. The number of rotatable bonds is 8. The van der Waals surface area contributed by atoms with Gasteiger partial charge in [-0.2, -0.15) is 0 Å². The van der Waals surface area contributed by atoms with Gasteiger partial charge in [0.1, 0.15) is 5.75 Å². The van der Waals surface area contributed by atoms with Gasteiger partial charge in [-0.05, 0) is 43.2 Å². The Bertz CT molecular complexity index is 891. The molecule has 0 atom stereocenters. The third-order valence-corrected chi connectivity index (χ3v) is 4.32. The summed E-state index contributed by atoms with van der Waals surface area (Å²) < 4.78 is 10.1. The van der Waals surface area contributed by atoms with Gasteiger partial charge < -0.3 is 20.1 Å². The Morgan fingerprint density at radius 1 is 1.10 bits per heavy atom. The highest BCUT2D eigenvalue weighted by atomic mass is 35.5. The molecule has 2 aromatic rings. The van der Waals surface area contributed by atoms with Crippen LogP contribution in [0.25, 0.3) is 0 Å². The number of aryl methyl sites for hydroxylation is 2. The molecule has 154 valence electrons. The van der Waals surface area contributed by atoms with Crippen molar-refractivity contribution < 1.29 is 23.9 Å². The molecule has 0 aliphatic rings.